The lowest BCUT2D eigenvalue weighted by Gasteiger charge is -2.13. The highest BCUT2D eigenvalue weighted by atomic mass is 16.5. The van der Waals surface area contributed by atoms with Gasteiger partial charge in [-0.15, -0.1) is 0 Å². The molecule has 0 aromatic heterocycles. The average molecular weight is 193 g/mol. The minimum atomic E-state index is 0.0110. The Hall–Kier alpha value is -1.71. The number of hydrogen-bond acceptors (Lipinski definition) is 4. The van der Waals surface area contributed by atoms with Gasteiger partial charge in [-0.2, -0.15) is 0 Å². The monoisotopic (exact) mass is 193 g/mol. The molecular weight excluding hydrogens is 182 g/mol. The number of aliphatic imine (C=N–C) groups is 1. The lowest BCUT2D eigenvalue weighted by atomic mass is 10.2. The molecular formula is C10H11NO3. The first-order chi connectivity index (χ1) is 6.75. The minimum Gasteiger partial charge on any atom is -0.508 e. The predicted molar refractivity (Wildman–Crippen MR) is 51.7 cm³/mol. The van der Waals surface area contributed by atoms with E-state index in [1.165, 1.54) is 18.2 Å². The highest BCUT2D eigenvalue weighted by Crippen LogP contribution is 2.21. The van der Waals surface area contributed by atoms with Gasteiger partial charge in [-0.3, -0.25) is 4.99 Å². The summed E-state index contributed by atoms with van der Waals surface area (Å²) in [5, 5.41) is 18.5. The summed E-state index contributed by atoms with van der Waals surface area (Å²) in [5.41, 5.74) is 0.613. The van der Waals surface area contributed by atoms with E-state index in [2.05, 4.69) is 4.99 Å². The Kier molecular flexibility index (Phi) is 2.26. The maximum Gasteiger partial charge on any atom is 0.216 e. The van der Waals surface area contributed by atoms with Gasteiger partial charge in [0, 0.05) is 24.6 Å². The zero-order valence-electron chi connectivity index (χ0n) is 7.60. The number of phenols is 2. The SMILES string of the molecule is Oc1cc(O)cc(C2=NCCCO2)c1. The van der Waals surface area contributed by atoms with Crippen molar-refractivity contribution in [3.63, 3.8) is 0 Å². The molecule has 0 radical (unpaired) electrons. The van der Waals surface area contributed by atoms with E-state index in [0.29, 0.717) is 18.1 Å². The van der Waals surface area contributed by atoms with E-state index in [4.69, 9.17) is 4.74 Å². The van der Waals surface area contributed by atoms with E-state index < -0.39 is 0 Å². The largest absolute Gasteiger partial charge is 0.508 e. The van der Waals surface area contributed by atoms with Crippen LogP contribution in [0.2, 0.25) is 0 Å². The summed E-state index contributed by atoms with van der Waals surface area (Å²) in [4.78, 5) is 4.15. The number of phenolic OH excluding ortho intramolecular Hbond substituents is 2. The normalized spacial score (nSPS) is 15.9. The van der Waals surface area contributed by atoms with Crippen molar-refractivity contribution in [2.24, 2.45) is 4.99 Å². The van der Waals surface area contributed by atoms with Crippen molar-refractivity contribution in [3.05, 3.63) is 23.8 Å². The predicted octanol–water partition coefficient (Wildman–Crippen LogP) is 1.26. The van der Waals surface area contributed by atoms with Crippen molar-refractivity contribution in [1.29, 1.82) is 0 Å². The first-order valence-electron chi connectivity index (χ1n) is 4.46. The summed E-state index contributed by atoms with van der Waals surface area (Å²) in [5.74, 6) is 0.510. The number of aromatic hydroxyl groups is 2. The molecule has 2 rings (SSSR count). The molecule has 1 aromatic carbocycles. The summed E-state index contributed by atoms with van der Waals surface area (Å²) in [7, 11) is 0. The summed E-state index contributed by atoms with van der Waals surface area (Å²) >= 11 is 0. The Morgan fingerprint density at radius 2 is 1.86 bits per heavy atom. The van der Waals surface area contributed by atoms with Crippen LogP contribution in [0.15, 0.2) is 23.2 Å². The van der Waals surface area contributed by atoms with Gasteiger partial charge in [0.05, 0.1) is 6.61 Å². The molecule has 0 amide bonds. The first-order valence-corrected chi connectivity index (χ1v) is 4.46. The molecule has 4 nitrogen and oxygen atoms in total. The molecule has 0 spiro atoms. The van der Waals surface area contributed by atoms with Crippen LogP contribution in [-0.2, 0) is 4.74 Å². The van der Waals surface area contributed by atoms with Crippen LogP contribution < -0.4 is 0 Å². The third-order valence-electron chi connectivity index (χ3n) is 1.95. The van der Waals surface area contributed by atoms with Crippen LogP contribution in [0.3, 0.4) is 0 Å². The van der Waals surface area contributed by atoms with Crippen molar-refractivity contribution >= 4 is 5.90 Å². The topological polar surface area (TPSA) is 62.0 Å². The molecule has 0 saturated carbocycles. The third-order valence-corrected chi connectivity index (χ3v) is 1.95. The summed E-state index contributed by atoms with van der Waals surface area (Å²) in [6, 6.07) is 4.31. The molecule has 1 aliphatic rings. The second kappa shape index (κ2) is 3.57. The molecule has 0 saturated heterocycles. The standard InChI is InChI=1S/C10H11NO3/c12-8-4-7(5-9(13)6-8)10-11-2-1-3-14-10/h4-6,12-13H,1-3H2. The highest BCUT2D eigenvalue weighted by Gasteiger charge is 2.10. The molecule has 4 heteroatoms. The first kappa shape index (κ1) is 8.87. The van der Waals surface area contributed by atoms with Gasteiger partial charge in [-0.05, 0) is 12.1 Å². The smallest absolute Gasteiger partial charge is 0.216 e. The van der Waals surface area contributed by atoms with Crippen molar-refractivity contribution in [2.45, 2.75) is 6.42 Å². The summed E-state index contributed by atoms with van der Waals surface area (Å²) in [6.45, 7) is 1.36. The molecule has 1 aliphatic heterocycles. The number of benzene rings is 1. The maximum absolute atomic E-state index is 9.25. The number of nitrogens with zero attached hydrogens (tertiary/aromatic N) is 1. The van der Waals surface area contributed by atoms with Crippen molar-refractivity contribution in [1.82, 2.24) is 0 Å². The molecule has 14 heavy (non-hydrogen) atoms. The zero-order chi connectivity index (χ0) is 9.97. The van der Waals surface area contributed by atoms with Gasteiger partial charge >= 0.3 is 0 Å². The van der Waals surface area contributed by atoms with Gasteiger partial charge in [0.15, 0.2) is 0 Å². The quantitative estimate of drug-likeness (QED) is 0.705. The van der Waals surface area contributed by atoms with E-state index in [1.807, 2.05) is 0 Å². The zero-order valence-corrected chi connectivity index (χ0v) is 7.60. The second-order valence-electron chi connectivity index (χ2n) is 3.13. The van der Waals surface area contributed by atoms with E-state index in [0.717, 1.165) is 13.0 Å². The molecule has 74 valence electrons. The van der Waals surface area contributed by atoms with Crippen LogP contribution in [-0.4, -0.2) is 29.3 Å². The maximum atomic E-state index is 9.25. The Morgan fingerprint density at radius 3 is 2.43 bits per heavy atom. The van der Waals surface area contributed by atoms with Gasteiger partial charge < -0.3 is 14.9 Å². The van der Waals surface area contributed by atoms with Crippen LogP contribution in [0.1, 0.15) is 12.0 Å². The highest BCUT2D eigenvalue weighted by molar-refractivity contribution is 5.95. The van der Waals surface area contributed by atoms with Crippen LogP contribution in [0.5, 0.6) is 11.5 Å². The minimum absolute atomic E-state index is 0.0110. The van der Waals surface area contributed by atoms with Gasteiger partial charge in [0.2, 0.25) is 5.90 Å². The van der Waals surface area contributed by atoms with Crippen LogP contribution in [0, 0.1) is 0 Å². The van der Waals surface area contributed by atoms with E-state index >= 15 is 0 Å². The molecule has 0 unspecified atom stereocenters. The fourth-order valence-electron chi connectivity index (χ4n) is 1.35. The Bertz CT molecular complexity index is 353. The fourth-order valence-corrected chi connectivity index (χ4v) is 1.35. The second-order valence-corrected chi connectivity index (χ2v) is 3.13. The van der Waals surface area contributed by atoms with Crippen molar-refractivity contribution in [2.75, 3.05) is 13.2 Å². The van der Waals surface area contributed by atoms with Crippen molar-refractivity contribution in [3.8, 4) is 11.5 Å². The summed E-state index contributed by atoms with van der Waals surface area (Å²) < 4.78 is 5.30. The van der Waals surface area contributed by atoms with Gasteiger partial charge in [-0.1, -0.05) is 0 Å². The van der Waals surface area contributed by atoms with Crippen LogP contribution in [0.4, 0.5) is 0 Å². The van der Waals surface area contributed by atoms with Gasteiger partial charge in [0.25, 0.3) is 0 Å². The lowest BCUT2D eigenvalue weighted by molar-refractivity contribution is 0.284. The van der Waals surface area contributed by atoms with Crippen molar-refractivity contribution < 1.29 is 14.9 Å². The Labute approximate surface area is 81.5 Å². The molecule has 0 atom stereocenters. The third kappa shape index (κ3) is 1.79. The molecule has 0 fully saturated rings. The number of hydrogen-bond donors (Lipinski definition) is 2. The van der Waals surface area contributed by atoms with E-state index in [1.54, 1.807) is 0 Å². The molecule has 2 N–H and O–H groups in total. The average Bonchev–Trinajstić information content (AvgIpc) is 2.18. The number of ether oxygens (including phenoxy) is 1. The van der Waals surface area contributed by atoms with Gasteiger partial charge in [0.1, 0.15) is 11.5 Å². The van der Waals surface area contributed by atoms with Crippen LogP contribution >= 0.6 is 0 Å². The molecule has 1 aromatic rings. The van der Waals surface area contributed by atoms with Crippen LogP contribution in [0.25, 0.3) is 0 Å². The number of rotatable bonds is 1. The lowest BCUT2D eigenvalue weighted by Crippen LogP contribution is -2.14. The van der Waals surface area contributed by atoms with E-state index in [-0.39, 0.29) is 11.5 Å². The molecule has 0 bridgehead atoms. The molecule has 0 aliphatic carbocycles. The van der Waals surface area contributed by atoms with Gasteiger partial charge in [-0.25, -0.2) is 0 Å². The fraction of sp³-hybridized carbons (Fsp3) is 0.300. The summed E-state index contributed by atoms with van der Waals surface area (Å²) in [6.07, 6.45) is 0.911. The Balaban J connectivity index is 2.35. The van der Waals surface area contributed by atoms with E-state index in [9.17, 15) is 10.2 Å². The Morgan fingerprint density at radius 1 is 1.14 bits per heavy atom. The molecule has 1 heterocycles.